The minimum absolute atomic E-state index is 0.741. The van der Waals surface area contributed by atoms with Crippen LogP contribution in [0.5, 0.6) is 0 Å². The Labute approximate surface area is 141 Å². The van der Waals surface area contributed by atoms with Gasteiger partial charge in [0.15, 0.2) is 0 Å². The zero-order valence-corrected chi connectivity index (χ0v) is 13.6. The second kappa shape index (κ2) is 6.55. The second-order valence-corrected chi connectivity index (χ2v) is 6.29. The molecule has 0 aliphatic carbocycles. The summed E-state index contributed by atoms with van der Waals surface area (Å²) in [4.78, 5) is 8.22. The predicted molar refractivity (Wildman–Crippen MR) is 97.6 cm³/mol. The third kappa shape index (κ3) is 2.96. The van der Waals surface area contributed by atoms with Crippen LogP contribution in [0.3, 0.4) is 0 Å². The zero-order chi connectivity index (χ0) is 16.4. The van der Waals surface area contributed by atoms with E-state index < -0.39 is 0 Å². The molecule has 2 aromatic carbocycles. The van der Waals surface area contributed by atoms with Crippen molar-refractivity contribution in [1.29, 1.82) is 0 Å². The quantitative estimate of drug-likeness (QED) is 0.645. The summed E-state index contributed by atoms with van der Waals surface area (Å²) in [5.41, 5.74) is 6.69. The Morgan fingerprint density at radius 3 is 2.67 bits per heavy atom. The van der Waals surface area contributed by atoms with Crippen molar-refractivity contribution in [3.05, 3.63) is 60.3 Å². The Hall–Kier alpha value is -2.50. The highest BCUT2D eigenvalue weighted by molar-refractivity contribution is 5.92. The molecule has 5 nitrogen and oxygen atoms in total. The van der Waals surface area contributed by atoms with Crippen molar-refractivity contribution >= 4 is 22.3 Å². The van der Waals surface area contributed by atoms with Gasteiger partial charge >= 0.3 is 0 Å². The van der Waals surface area contributed by atoms with Gasteiger partial charge in [-0.05, 0) is 35.9 Å². The number of anilines is 2. The molecule has 0 atom stereocenters. The minimum Gasteiger partial charge on any atom is -0.368 e. The molecule has 3 aromatic rings. The minimum atomic E-state index is 0.741. The fourth-order valence-corrected chi connectivity index (χ4v) is 3.49. The van der Waals surface area contributed by atoms with E-state index in [-0.39, 0.29) is 0 Å². The van der Waals surface area contributed by atoms with Gasteiger partial charge in [0, 0.05) is 55.5 Å². The van der Waals surface area contributed by atoms with Crippen LogP contribution in [0.25, 0.3) is 10.9 Å². The number of fused-ring (bicyclic) bond motifs is 1. The molecule has 5 heteroatoms. The fourth-order valence-electron chi connectivity index (χ4n) is 3.49. The van der Waals surface area contributed by atoms with Crippen molar-refractivity contribution in [1.82, 2.24) is 9.88 Å². The monoisotopic (exact) mass is 322 g/mol. The van der Waals surface area contributed by atoms with Crippen molar-refractivity contribution in [3.8, 4) is 0 Å². The average Bonchev–Trinajstić information content (AvgIpc) is 3.11. The Bertz CT molecular complexity index is 821. The van der Waals surface area contributed by atoms with E-state index in [9.17, 15) is 0 Å². The number of benzene rings is 2. The van der Waals surface area contributed by atoms with Gasteiger partial charge < -0.3 is 9.88 Å². The van der Waals surface area contributed by atoms with Crippen LogP contribution in [0.1, 0.15) is 5.56 Å². The largest absolute Gasteiger partial charge is 0.368 e. The van der Waals surface area contributed by atoms with Gasteiger partial charge in [0.2, 0.25) is 0 Å². The average molecular weight is 322 g/mol. The molecule has 24 heavy (non-hydrogen) atoms. The number of aromatic nitrogens is 1. The van der Waals surface area contributed by atoms with Gasteiger partial charge in [-0.15, -0.1) is 0 Å². The second-order valence-electron chi connectivity index (χ2n) is 6.29. The molecule has 124 valence electrons. The van der Waals surface area contributed by atoms with Crippen LogP contribution < -0.4 is 10.4 Å². The summed E-state index contributed by atoms with van der Waals surface area (Å²) in [5.74, 6) is 0. The van der Waals surface area contributed by atoms with Crippen LogP contribution >= 0.6 is 0 Å². The Morgan fingerprint density at radius 2 is 1.83 bits per heavy atom. The van der Waals surface area contributed by atoms with Gasteiger partial charge in [-0.1, -0.05) is 18.2 Å². The normalized spacial score (nSPS) is 15.8. The van der Waals surface area contributed by atoms with Gasteiger partial charge in [-0.2, -0.15) is 0 Å². The first-order valence-corrected chi connectivity index (χ1v) is 8.36. The van der Waals surface area contributed by atoms with Crippen molar-refractivity contribution in [2.75, 3.05) is 36.6 Å². The number of hydrogen-bond acceptors (Lipinski definition) is 4. The summed E-state index contributed by atoms with van der Waals surface area (Å²) in [6, 6.07) is 16.5. The van der Waals surface area contributed by atoms with Crippen LogP contribution in [-0.2, 0) is 6.54 Å². The van der Waals surface area contributed by atoms with Gasteiger partial charge in [0.1, 0.15) is 0 Å². The number of rotatable bonds is 4. The molecule has 0 radical (unpaired) electrons. The predicted octanol–water partition coefficient (Wildman–Crippen LogP) is 3.29. The molecule has 0 unspecified atom stereocenters. The van der Waals surface area contributed by atoms with E-state index >= 15 is 0 Å². The molecule has 0 bridgehead atoms. The number of nitrogens with zero attached hydrogens (tertiary/aromatic N) is 2. The lowest BCUT2D eigenvalue weighted by atomic mass is 10.1. The molecule has 0 saturated carbocycles. The number of H-pyrrole nitrogens is 1. The molecule has 0 amide bonds. The van der Waals surface area contributed by atoms with Crippen LogP contribution in [-0.4, -0.2) is 41.3 Å². The van der Waals surface area contributed by atoms with Crippen LogP contribution in [0, 0.1) is 0 Å². The molecule has 1 fully saturated rings. The third-order valence-electron chi connectivity index (χ3n) is 4.75. The molecule has 1 aliphatic heterocycles. The number of piperazine rings is 1. The lowest BCUT2D eigenvalue weighted by Crippen LogP contribution is -2.46. The number of aromatic amines is 1. The summed E-state index contributed by atoms with van der Waals surface area (Å²) in [7, 11) is 0. The van der Waals surface area contributed by atoms with Crippen LogP contribution in [0.2, 0.25) is 0 Å². The van der Waals surface area contributed by atoms with Gasteiger partial charge in [-0.3, -0.25) is 15.6 Å². The van der Waals surface area contributed by atoms with E-state index in [0.717, 1.165) is 38.4 Å². The maximum atomic E-state index is 9.02. The SMILES string of the molecule is ONc1cccc(CN2CCN(c3cccc4[nH]ccc34)CC2)c1. The van der Waals surface area contributed by atoms with E-state index in [0.29, 0.717) is 0 Å². The Balaban J connectivity index is 1.42. The van der Waals surface area contributed by atoms with Crippen LogP contribution in [0.15, 0.2) is 54.7 Å². The Kier molecular flexibility index (Phi) is 4.11. The van der Waals surface area contributed by atoms with E-state index in [4.69, 9.17) is 5.21 Å². The molecule has 0 spiro atoms. The van der Waals surface area contributed by atoms with Crippen molar-refractivity contribution in [2.24, 2.45) is 0 Å². The highest BCUT2D eigenvalue weighted by atomic mass is 16.5. The first-order chi connectivity index (χ1) is 11.8. The van der Waals surface area contributed by atoms with E-state index in [2.05, 4.69) is 50.6 Å². The summed E-state index contributed by atoms with van der Waals surface area (Å²) < 4.78 is 0. The van der Waals surface area contributed by atoms with Crippen molar-refractivity contribution in [3.63, 3.8) is 0 Å². The van der Waals surface area contributed by atoms with E-state index in [1.54, 1.807) is 0 Å². The zero-order valence-electron chi connectivity index (χ0n) is 13.6. The van der Waals surface area contributed by atoms with E-state index in [1.165, 1.54) is 22.2 Å². The highest BCUT2D eigenvalue weighted by Gasteiger charge is 2.19. The molecule has 1 aliphatic rings. The number of hydrogen-bond donors (Lipinski definition) is 3. The molecule has 1 aromatic heterocycles. The summed E-state index contributed by atoms with van der Waals surface area (Å²) >= 11 is 0. The van der Waals surface area contributed by atoms with Gasteiger partial charge in [-0.25, -0.2) is 0 Å². The summed E-state index contributed by atoms with van der Waals surface area (Å²) in [6.45, 7) is 5.05. The third-order valence-corrected chi connectivity index (χ3v) is 4.75. The summed E-state index contributed by atoms with van der Waals surface area (Å²) in [5, 5.41) is 10.3. The first kappa shape index (κ1) is 15.1. The standard InChI is InChI=1S/C19H22N4O/c24-21-16-4-1-3-15(13-16)14-22-9-11-23(12-10-22)19-6-2-5-18-17(19)7-8-20-18/h1-8,13,20-21,24H,9-12,14H2. The highest BCUT2D eigenvalue weighted by Crippen LogP contribution is 2.27. The van der Waals surface area contributed by atoms with Crippen LogP contribution in [0.4, 0.5) is 11.4 Å². The van der Waals surface area contributed by atoms with Crippen molar-refractivity contribution in [2.45, 2.75) is 6.54 Å². The van der Waals surface area contributed by atoms with Crippen molar-refractivity contribution < 1.29 is 5.21 Å². The summed E-state index contributed by atoms with van der Waals surface area (Å²) in [6.07, 6.45) is 2.01. The molecule has 1 saturated heterocycles. The lowest BCUT2D eigenvalue weighted by Gasteiger charge is -2.36. The smallest absolute Gasteiger partial charge is 0.0605 e. The fraction of sp³-hybridized carbons (Fsp3) is 0.263. The lowest BCUT2D eigenvalue weighted by molar-refractivity contribution is 0.250. The topological polar surface area (TPSA) is 54.5 Å². The molecular formula is C19H22N4O. The molecule has 2 heterocycles. The maximum absolute atomic E-state index is 9.02. The van der Waals surface area contributed by atoms with Gasteiger partial charge in [0.05, 0.1) is 5.69 Å². The molecule has 4 rings (SSSR count). The maximum Gasteiger partial charge on any atom is 0.0605 e. The molecular weight excluding hydrogens is 300 g/mol. The first-order valence-electron chi connectivity index (χ1n) is 8.36. The van der Waals surface area contributed by atoms with E-state index in [1.807, 2.05) is 24.4 Å². The Morgan fingerprint density at radius 1 is 1.00 bits per heavy atom. The van der Waals surface area contributed by atoms with Gasteiger partial charge in [0.25, 0.3) is 0 Å². The molecule has 3 N–H and O–H groups in total. The number of nitrogens with one attached hydrogen (secondary N) is 2.